The Balaban J connectivity index is 1.37. The van der Waals surface area contributed by atoms with Crippen LogP contribution in [0.2, 0.25) is 0 Å². The average Bonchev–Trinajstić information content (AvgIpc) is 3.42. The maximum Gasteiger partial charge on any atom is 0.281 e. The van der Waals surface area contributed by atoms with E-state index in [0.717, 1.165) is 21.2 Å². The van der Waals surface area contributed by atoms with E-state index in [4.69, 9.17) is 0 Å². The molecule has 0 unspecified atom stereocenters. The van der Waals surface area contributed by atoms with Crippen molar-refractivity contribution >= 4 is 50.1 Å². The Morgan fingerprint density at radius 1 is 1.12 bits per heavy atom. The molecule has 7 nitrogen and oxygen atoms in total. The van der Waals surface area contributed by atoms with Gasteiger partial charge in [0.2, 0.25) is 0 Å². The molecule has 5 rings (SSSR count). The number of rotatable bonds is 6. The Labute approximate surface area is 196 Å². The summed E-state index contributed by atoms with van der Waals surface area (Å²) in [6.07, 6.45) is 3.42. The van der Waals surface area contributed by atoms with E-state index in [0.29, 0.717) is 22.4 Å². The lowest BCUT2D eigenvalue weighted by Crippen LogP contribution is -2.16. The highest BCUT2D eigenvalue weighted by atomic mass is 32.1. The smallest absolute Gasteiger partial charge is 0.281 e. The van der Waals surface area contributed by atoms with Gasteiger partial charge < -0.3 is 4.57 Å². The van der Waals surface area contributed by atoms with Crippen LogP contribution < -0.4 is 5.43 Å². The van der Waals surface area contributed by atoms with Gasteiger partial charge in [-0.25, -0.2) is 9.82 Å². The molecule has 0 aliphatic rings. The van der Waals surface area contributed by atoms with E-state index in [-0.39, 0.29) is 11.5 Å². The van der Waals surface area contributed by atoms with Crippen LogP contribution in [-0.4, -0.2) is 21.6 Å². The first-order valence-electron chi connectivity index (χ1n) is 10.3. The van der Waals surface area contributed by atoms with E-state index in [2.05, 4.69) is 10.5 Å². The number of nitrogens with zero attached hydrogens (tertiary/aromatic N) is 3. The van der Waals surface area contributed by atoms with Gasteiger partial charge in [0.05, 0.1) is 22.6 Å². The molecule has 0 saturated carbocycles. The van der Waals surface area contributed by atoms with Crippen molar-refractivity contribution in [1.29, 1.82) is 0 Å². The second-order valence-electron chi connectivity index (χ2n) is 7.61. The van der Waals surface area contributed by atoms with Crippen LogP contribution in [0.25, 0.3) is 21.0 Å². The molecule has 34 heavy (non-hydrogen) atoms. The second kappa shape index (κ2) is 8.87. The van der Waals surface area contributed by atoms with Gasteiger partial charge in [0.1, 0.15) is 5.82 Å². The minimum absolute atomic E-state index is 0.0259. The summed E-state index contributed by atoms with van der Waals surface area (Å²) in [5, 5.41) is 16.6. The predicted octanol–water partition coefficient (Wildman–Crippen LogP) is 5.72. The third kappa shape index (κ3) is 4.16. The maximum absolute atomic E-state index is 14.2. The van der Waals surface area contributed by atoms with Crippen molar-refractivity contribution in [1.82, 2.24) is 9.99 Å². The molecule has 9 heteroatoms. The molecule has 0 aliphatic carbocycles. The van der Waals surface area contributed by atoms with E-state index >= 15 is 0 Å². The normalized spacial score (nSPS) is 11.4. The molecule has 0 aliphatic heterocycles. The van der Waals surface area contributed by atoms with Crippen LogP contribution in [0, 0.1) is 15.9 Å². The predicted molar refractivity (Wildman–Crippen MR) is 131 cm³/mol. The van der Waals surface area contributed by atoms with Crippen molar-refractivity contribution in [3.8, 4) is 0 Å². The molecule has 3 aromatic carbocycles. The molecule has 0 atom stereocenters. The molecule has 0 bridgehead atoms. The third-order valence-corrected chi connectivity index (χ3v) is 6.54. The van der Waals surface area contributed by atoms with Gasteiger partial charge in [-0.15, -0.1) is 11.3 Å². The van der Waals surface area contributed by atoms with Gasteiger partial charge in [0, 0.05) is 50.4 Å². The fourth-order valence-electron chi connectivity index (χ4n) is 3.79. The standard InChI is InChI=1S/C25H17FN4O3S/c26-21-7-3-1-5-16(21)14-29-15-18(20-6-2-4-8-22(20)29)13-27-28-25(31)24-12-17-11-19(30(32)33)9-10-23(17)34-24/h1-13,15H,14H2,(H,28,31). The summed E-state index contributed by atoms with van der Waals surface area (Å²) >= 11 is 1.23. The number of hydrogen-bond acceptors (Lipinski definition) is 5. The van der Waals surface area contributed by atoms with Crippen molar-refractivity contribution in [2.45, 2.75) is 6.54 Å². The largest absolute Gasteiger partial charge is 0.342 e. The van der Waals surface area contributed by atoms with E-state index in [1.165, 1.54) is 29.5 Å². The first kappa shape index (κ1) is 21.5. The van der Waals surface area contributed by atoms with Crippen molar-refractivity contribution in [3.05, 3.63) is 111 Å². The lowest BCUT2D eigenvalue weighted by Gasteiger charge is -2.06. The van der Waals surface area contributed by atoms with Crippen molar-refractivity contribution in [3.63, 3.8) is 0 Å². The lowest BCUT2D eigenvalue weighted by atomic mass is 10.2. The maximum atomic E-state index is 14.2. The van der Waals surface area contributed by atoms with E-state index in [1.54, 1.807) is 36.5 Å². The molecule has 0 spiro atoms. The number of carbonyl (C=O) groups excluding carboxylic acids is 1. The van der Waals surface area contributed by atoms with Gasteiger partial charge in [-0.3, -0.25) is 14.9 Å². The van der Waals surface area contributed by atoms with E-state index in [9.17, 15) is 19.3 Å². The van der Waals surface area contributed by atoms with Crippen molar-refractivity contribution in [2.75, 3.05) is 0 Å². The minimum atomic E-state index is -0.468. The number of thiophene rings is 1. The highest BCUT2D eigenvalue weighted by Crippen LogP contribution is 2.29. The number of para-hydroxylation sites is 1. The number of nitrogens with one attached hydrogen (secondary N) is 1. The fourth-order valence-corrected chi connectivity index (χ4v) is 4.72. The zero-order chi connectivity index (χ0) is 23.7. The number of nitro benzene ring substituents is 1. The fraction of sp³-hybridized carbons (Fsp3) is 0.0400. The van der Waals surface area contributed by atoms with Crippen LogP contribution >= 0.6 is 11.3 Å². The van der Waals surface area contributed by atoms with E-state index in [1.807, 2.05) is 35.0 Å². The van der Waals surface area contributed by atoms with Crippen LogP contribution in [-0.2, 0) is 6.54 Å². The summed E-state index contributed by atoms with van der Waals surface area (Å²) in [4.78, 5) is 23.5. The van der Waals surface area contributed by atoms with Crippen LogP contribution in [0.4, 0.5) is 10.1 Å². The van der Waals surface area contributed by atoms with E-state index < -0.39 is 10.8 Å². The molecular formula is C25H17FN4O3S. The Kier molecular flexibility index (Phi) is 5.60. The molecule has 2 heterocycles. The quantitative estimate of drug-likeness (QED) is 0.195. The van der Waals surface area contributed by atoms with Crippen molar-refractivity contribution in [2.24, 2.45) is 5.10 Å². The number of non-ortho nitro benzene ring substituents is 1. The highest BCUT2D eigenvalue weighted by Gasteiger charge is 2.13. The first-order chi connectivity index (χ1) is 16.5. The van der Waals surface area contributed by atoms with Crippen LogP contribution in [0.5, 0.6) is 0 Å². The Bertz CT molecular complexity index is 1590. The SMILES string of the molecule is O=C(NN=Cc1cn(Cc2ccccc2F)c2ccccc12)c1cc2cc([N+](=O)[O-])ccc2s1. The molecule has 168 valence electrons. The van der Waals surface area contributed by atoms with Crippen molar-refractivity contribution < 1.29 is 14.1 Å². The molecular weight excluding hydrogens is 455 g/mol. The number of benzene rings is 3. The van der Waals surface area contributed by atoms with Gasteiger partial charge in [-0.05, 0) is 24.3 Å². The van der Waals surface area contributed by atoms with Crippen LogP contribution in [0.3, 0.4) is 0 Å². The van der Waals surface area contributed by atoms with Gasteiger partial charge in [-0.1, -0.05) is 36.4 Å². The molecule has 0 radical (unpaired) electrons. The summed E-state index contributed by atoms with van der Waals surface area (Å²) in [6.45, 7) is 0.362. The monoisotopic (exact) mass is 472 g/mol. The molecule has 1 amide bonds. The first-order valence-corrected chi connectivity index (χ1v) is 11.1. The number of hydrazone groups is 1. The number of amides is 1. The summed E-state index contributed by atoms with van der Waals surface area (Å²) in [5.41, 5.74) is 4.76. The molecule has 2 aromatic heterocycles. The zero-order valence-electron chi connectivity index (χ0n) is 17.6. The number of hydrogen-bond donors (Lipinski definition) is 1. The second-order valence-corrected chi connectivity index (χ2v) is 8.69. The summed E-state index contributed by atoms with van der Waals surface area (Å²) < 4.78 is 16.9. The summed E-state index contributed by atoms with van der Waals surface area (Å²) in [5.74, 6) is -0.674. The topological polar surface area (TPSA) is 89.5 Å². The van der Waals surface area contributed by atoms with Gasteiger partial charge in [0.25, 0.3) is 11.6 Å². The molecule has 5 aromatic rings. The minimum Gasteiger partial charge on any atom is -0.342 e. The molecule has 0 fully saturated rings. The highest BCUT2D eigenvalue weighted by molar-refractivity contribution is 7.20. The third-order valence-electron chi connectivity index (χ3n) is 5.42. The number of aromatic nitrogens is 1. The molecule has 1 N–H and O–H groups in total. The number of fused-ring (bicyclic) bond motifs is 2. The Hall–Kier alpha value is -4.37. The van der Waals surface area contributed by atoms with Gasteiger partial charge in [0.15, 0.2) is 0 Å². The molecule has 0 saturated heterocycles. The van der Waals surface area contributed by atoms with Gasteiger partial charge in [-0.2, -0.15) is 5.10 Å². The zero-order valence-corrected chi connectivity index (χ0v) is 18.5. The summed E-state index contributed by atoms with van der Waals surface area (Å²) in [6, 6.07) is 20.4. The number of halogens is 1. The number of nitro groups is 1. The van der Waals surface area contributed by atoms with Crippen LogP contribution in [0.15, 0.2) is 84.1 Å². The number of carbonyl (C=O) groups is 1. The van der Waals surface area contributed by atoms with Crippen LogP contribution in [0.1, 0.15) is 20.8 Å². The summed E-state index contributed by atoms with van der Waals surface area (Å²) in [7, 11) is 0. The Morgan fingerprint density at radius 3 is 2.74 bits per heavy atom. The van der Waals surface area contributed by atoms with Gasteiger partial charge >= 0.3 is 0 Å². The average molecular weight is 473 g/mol. The lowest BCUT2D eigenvalue weighted by molar-refractivity contribution is -0.384. The Morgan fingerprint density at radius 2 is 1.91 bits per heavy atom.